The van der Waals surface area contributed by atoms with Gasteiger partial charge in [0, 0.05) is 32.9 Å². The molecule has 190 valence electrons. The molecule has 2 heterocycles. The molecule has 5 aromatic carbocycles. The van der Waals surface area contributed by atoms with Crippen molar-refractivity contribution in [2.45, 2.75) is 19.3 Å². The lowest BCUT2D eigenvalue weighted by molar-refractivity contribution is 0.620. The van der Waals surface area contributed by atoms with Crippen LogP contribution in [0.1, 0.15) is 25.0 Å². The molecule has 0 unspecified atom stereocenters. The number of fused-ring (bicyclic) bond motifs is 7. The number of hydrogen-bond acceptors (Lipinski definition) is 4. The summed E-state index contributed by atoms with van der Waals surface area (Å²) in [5, 5.41) is 2.17. The van der Waals surface area contributed by atoms with E-state index < -0.39 is 0 Å². The molecule has 0 atom stereocenters. The van der Waals surface area contributed by atoms with Crippen LogP contribution in [0.3, 0.4) is 0 Å². The zero-order chi connectivity index (χ0) is 26.8. The minimum atomic E-state index is -0.173. The number of benzene rings is 5. The normalized spacial score (nSPS) is 13.4. The van der Waals surface area contributed by atoms with Gasteiger partial charge >= 0.3 is 0 Å². The van der Waals surface area contributed by atoms with E-state index in [1.165, 1.54) is 22.3 Å². The van der Waals surface area contributed by atoms with Gasteiger partial charge in [0.15, 0.2) is 17.5 Å². The Morgan fingerprint density at radius 1 is 0.475 bits per heavy atom. The Kier molecular flexibility index (Phi) is 4.83. The van der Waals surface area contributed by atoms with Crippen LogP contribution in [0.15, 0.2) is 120 Å². The third-order valence-electron chi connectivity index (χ3n) is 8.12. The predicted octanol–water partition coefficient (Wildman–Crippen LogP) is 9.08. The molecule has 0 radical (unpaired) electrons. The van der Waals surface area contributed by atoms with Crippen LogP contribution in [-0.4, -0.2) is 15.0 Å². The van der Waals surface area contributed by atoms with Gasteiger partial charge in [0.1, 0.15) is 11.2 Å². The van der Waals surface area contributed by atoms with Gasteiger partial charge in [-0.1, -0.05) is 117 Å². The van der Waals surface area contributed by atoms with E-state index in [1.54, 1.807) is 0 Å². The maximum absolute atomic E-state index is 6.84. The molecule has 0 spiro atoms. The predicted molar refractivity (Wildman–Crippen MR) is 161 cm³/mol. The second-order valence-electron chi connectivity index (χ2n) is 10.9. The first-order valence-electron chi connectivity index (χ1n) is 13.6. The van der Waals surface area contributed by atoms with Gasteiger partial charge in [0.2, 0.25) is 0 Å². The molecule has 1 aliphatic carbocycles. The van der Waals surface area contributed by atoms with Crippen LogP contribution in [0.4, 0.5) is 0 Å². The number of hydrogen-bond donors (Lipinski definition) is 0. The summed E-state index contributed by atoms with van der Waals surface area (Å²) in [6.45, 7) is 4.57. The first-order valence-corrected chi connectivity index (χ1v) is 13.6. The van der Waals surface area contributed by atoms with Gasteiger partial charge in [-0.3, -0.25) is 0 Å². The second kappa shape index (κ2) is 8.45. The summed E-state index contributed by atoms with van der Waals surface area (Å²) >= 11 is 0. The van der Waals surface area contributed by atoms with E-state index in [4.69, 9.17) is 19.4 Å². The summed E-state index contributed by atoms with van der Waals surface area (Å²) in [5.74, 6) is 1.86. The van der Waals surface area contributed by atoms with Crippen molar-refractivity contribution in [2.24, 2.45) is 0 Å². The molecule has 0 saturated heterocycles. The van der Waals surface area contributed by atoms with Crippen LogP contribution in [-0.2, 0) is 5.41 Å². The summed E-state index contributed by atoms with van der Waals surface area (Å²) < 4.78 is 6.84. The van der Waals surface area contributed by atoms with E-state index in [2.05, 4.69) is 62.4 Å². The Hall–Kier alpha value is -5.09. The standard InChI is InChI=1S/C36H25N3O/c1-36(2)29-19-10-9-16-24(29)25-20-21-27-26-17-11-18-28(31(26)40-32(27)30(25)36)35-38-33(22-12-5-3-6-13-22)37-34(39-35)23-14-7-4-8-15-23/h3-21H,1-2H3. The molecule has 2 aromatic heterocycles. The van der Waals surface area contributed by atoms with Gasteiger partial charge in [-0.15, -0.1) is 0 Å². The van der Waals surface area contributed by atoms with Gasteiger partial charge < -0.3 is 4.42 Å². The van der Waals surface area contributed by atoms with Crippen molar-refractivity contribution < 1.29 is 4.42 Å². The Balaban J connectivity index is 1.40. The maximum Gasteiger partial charge on any atom is 0.167 e. The van der Waals surface area contributed by atoms with Gasteiger partial charge in [-0.05, 0) is 28.8 Å². The lowest BCUT2D eigenvalue weighted by Crippen LogP contribution is -2.15. The summed E-state index contributed by atoms with van der Waals surface area (Å²) in [5.41, 5.74) is 9.38. The number of rotatable bonds is 3. The fraction of sp³-hybridized carbons (Fsp3) is 0.0833. The van der Waals surface area contributed by atoms with Crippen molar-refractivity contribution in [3.8, 4) is 45.3 Å². The highest BCUT2D eigenvalue weighted by Crippen LogP contribution is 2.52. The van der Waals surface area contributed by atoms with Gasteiger partial charge in [0.05, 0.1) is 5.56 Å². The molecule has 40 heavy (non-hydrogen) atoms. The van der Waals surface area contributed by atoms with E-state index >= 15 is 0 Å². The van der Waals surface area contributed by atoms with Crippen molar-refractivity contribution in [2.75, 3.05) is 0 Å². The van der Waals surface area contributed by atoms with Crippen molar-refractivity contribution in [3.63, 3.8) is 0 Å². The minimum Gasteiger partial charge on any atom is -0.455 e. The molecular formula is C36H25N3O. The molecule has 4 nitrogen and oxygen atoms in total. The van der Waals surface area contributed by atoms with E-state index in [0.29, 0.717) is 17.5 Å². The summed E-state index contributed by atoms with van der Waals surface area (Å²) in [4.78, 5) is 14.8. The van der Waals surface area contributed by atoms with Crippen LogP contribution in [0.25, 0.3) is 67.2 Å². The van der Waals surface area contributed by atoms with Gasteiger partial charge in [-0.2, -0.15) is 0 Å². The molecule has 0 bridgehead atoms. The van der Waals surface area contributed by atoms with Crippen molar-refractivity contribution >= 4 is 21.9 Å². The van der Waals surface area contributed by atoms with Crippen LogP contribution >= 0.6 is 0 Å². The Morgan fingerprint density at radius 2 is 1.05 bits per heavy atom. The van der Waals surface area contributed by atoms with Crippen LogP contribution in [0, 0.1) is 0 Å². The molecule has 7 aromatic rings. The number of furan rings is 1. The van der Waals surface area contributed by atoms with E-state index in [9.17, 15) is 0 Å². The Morgan fingerprint density at radius 3 is 1.75 bits per heavy atom. The number of aromatic nitrogens is 3. The fourth-order valence-corrected chi connectivity index (χ4v) is 6.21. The van der Waals surface area contributed by atoms with E-state index in [0.717, 1.165) is 38.6 Å². The van der Waals surface area contributed by atoms with Crippen LogP contribution < -0.4 is 0 Å². The molecule has 0 N–H and O–H groups in total. The number of nitrogens with zero attached hydrogens (tertiary/aromatic N) is 3. The first kappa shape index (κ1) is 22.9. The highest BCUT2D eigenvalue weighted by Gasteiger charge is 2.38. The smallest absolute Gasteiger partial charge is 0.167 e. The van der Waals surface area contributed by atoms with E-state index in [-0.39, 0.29) is 5.41 Å². The molecule has 0 aliphatic heterocycles. The molecule has 1 aliphatic rings. The molecule has 4 heteroatoms. The lowest BCUT2D eigenvalue weighted by atomic mass is 9.82. The molecule has 0 saturated carbocycles. The van der Waals surface area contributed by atoms with Gasteiger partial charge in [0.25, 0.3) is 0 Å². The van der Waals surface area contributed by atoms with Crippen molar-refractivity contribution in [1.82, 2.24) is 15.0 Å². The first-order chi connectivity index (χ1) is 19.6. The Bertz CT molecular complexity index is 2020. The van der Waals surface area contributed by atoms with Gasteiger partial charge in [-0.25, -0.2) is 15.0 Å². The monoisotopic (exact) mass is 515 g/mol. The average Bonchev–Trinajstić information content (AvgIpc) is 3.50. The summed E-state index contributed by atoms with van der Waals surface area (Å²) in [7, 11) is 0. The summed E-state index contributed by atoms with van der Waals surface area (Å²) in [6.07, 6.45) is 0. The quantitative estimate of drug-likeness (QED) is 0.235. The largest absolute Gasteiger partial charge is 0.455 e. The summed E-state index contributed by atoms with van der Waals surface area (Å²) in [6, 6.07) is 39.5. The molecule has 0 amide bonds. The molecule has 0 fully saturated rings. The molecular weight excluding hydrogens is 490 g/mol. The topological polar surface area (TPSA) is 51.8 Å². The maximum atomic E-state index is 6.84. The third kappa shape index (κ3) is 3.29. The van der Waals surface area contributed by atoms with Crippen molar-refractivity contribution in [1.29, 1.82) is 0 Å². The SMILES string of the molecule is CC1(C)c2ccccc2-c2ccc3c(oc4c(-c5nc(-c6ccccc6)nc(-c6ccccc6)n5)cccc43)c21. The highest BCUT2D eigenvalue weighted by atomic mass is 16.3. The molecule has 8 rings (SSSR count). The lowest BCUT2D eigenvalue weighted by Gasteiger charge is -2.21. The third-order valence-corrected chi connectivity index (χ3v) is 8.12. The second-order valence-corrected chi connectivity index (χ2v) is 10.9. The van der Waals surface area contributed by atoms with Crippen LogP contribution in [0.2, 0.25) is 0 Å². The highest BCUT2D eigenvalue weighted by molar-refractivity contribution is 6.12. The number of para-hydroxylation sites is 1. The zero-order valence-corrected chi connectivity index (χ0v) is 22.2. The Labute approximate surface area is 232 Å². The zero-order valence-electron chi connectivity index (χ0n) is 22.2. The van der Waals surface area contributed by atoms with Crippen molar-refractivity contribution in [3.05, 3.63) is 126 Å². The fourth-order valence-electron chi connectivity index (χ4n) is 6.21. The average molecular weight is 516 g/mol. The van der Waals surface area contributed by atoms with E-state index in [1.807, 2.05) is 66.7 Å². The minimum absolute atomic E-state index is 0.173. The van der Waals surface area contributed by atoms with Crippen LogP contribution in [0.5, 0.6) is 0 Å².